The number of nitrogens with zero attached hydrogens (tertiary/aromatic N) is 3. The van der Waals surface area contributed by atoms with E-state index in [4.69, 9.17) is 4.74 Å². The van der Waals surface area contributed by atoms with Gasteiger partial charge in [-0.1, -0.05) is 6.07 Å². The van der Waals surface area contributed by atoms with Crippen LogP contribution >= 0.6 is 0 Å². The maximum Gasteiger partial charge on any atom is 0.269 e. The number of likely N-dealkylation sites (N-methyl/N-ethyl adjacent to an activating group) is 1. The Balaban J connectivity index is 2.19. The van der Waals surface area contributed by atoms with Crippen LogP contribution in [0, 0.1) is 17.1 Å². The van der Waals surface area contributed by atoms with E-state index in [2.05, 4.69) is 10.3 Å². The number of carbonyl (C=O) groups excluding carboxylic acids is 1. The largest absolute Gasteiger partial charge is 0.438 e. The Bertz CT molecular complexity index is 1160. The van der Waals surface area contributed by atoms with Gasteiger partial charge in [0.25, 0.3) is 11.5 Å². The van der Waals surface area contributed by atoms with E-state index in [1.165, 1.54) is 34.9 Å². The van der Waals surface area contributed by atoms with E-state index >= 15 is 0 Å². The van der Waals surface area contributed by atoms with Crippen LogP contribution in [0.1, 0.15) is 12.5 Å². The molecular weight excluding hydrogens is 363 g/mol. The van der Waals surface area contributed by atoms with Gasteiger partial charge in [-0.25, -0.2) is 4.39 Å². The van der Waals surface area contributed by atoms with Crippen molar-refractivity contribution >= 4 is 17.6 Å². The summed E-state index contributed by atoms with van der Waals surface area (Å²) in [6, 6.07) is 11.9. The fraction of sp³-hybridized carbons (Fsp3) is 0.100. The molecule has 3 rings (SSSR count). The van der Waals surface area contributed by atoms with Crippen molar-refractivity contribution in [1.29, 1.82) is 5.26 Å². The summed E-state index contributed by atoms with van der Waals surface area (Å²) in [4.78, 5) is 29.3. The second kappa shape index (κ2) is 8.14. The summed E-state index contributed by atoms with van der Waals surface area (Å²) in [6.45, 7) is 2.04. The first-order valence-electron chi connectivity index (χ1n) is 8.38. The number of ether oxygens (including phenoxy) is 1. The summed E-state index contributed by atoms with van der Waals surface area (Å²) in [6.07, 6.45) is 2.65. The van der Waals surface area contributed by atoms with E-state index in [0.717, 1.165) is 6.08 Å². The number of carbonyl (C=O) groups is 1. The third-order valence-corrected chi connectivity index (χ3v) is 3.75. The Morgan fingerprint density at radius 1 is 1.32 bits per heavy atom. The van der Waals surface area contributed by atoms with Gasteiger partial charge in [-0.05, 0) is 49.4 Å². The zero-order chi connectivity index (χ0) is 20.1. The fourth-order valence-electron chi connectivity index (χ4n) is 2.45. The molecule has 0 spiro atoms. The average molecular weight is 378 g/mol. The number of benzene rings is 1. The van der Waals surface area contributed by atoms with Gasteiger partial charge in [0.05, 0.1) is 0 Å². The van der Waals surface area contributed by atoms with Gasteiger partial charge in [-0.2, -0.15) is 10.2 Å². The Morgan fingerprint density at radius 2 is 2.07 bits per heavy atom. The van der Waals surface area contributed by atoms with Crippen molar-refractivity contribution in [3.8, 4) is 17.7 Å². The molecule has 1 N–H and O–H groups in total. The third kappa shape index (κ3) is 3.88. The first kappa shape index (κ1) is 18.8. The zero-order valence-electron chi connectivity index (χ0n) is 14.8. The summed E-state index contributed by atoms with van der Waals surface area (Å²) in [5, 5.41) is 11.8. The molecule has 0 radical (unpaired) electrons. The lowest BCUT2D eigenvalue weighted by Crippen LogP contribution is -2.25. The van der Waals surface area contributed by atoms with E-state index < -0.39 is 17.3 Å². The van der Waals surface area contributed by atoms with Crippen molar-refractivity contribution in [3.63, 3.8) is 0 Å². The first-order chi connectivity index (χ1) is 13.5. The van der Waals surface area contributed by atoms with Gasteiger partial charge in [-0.3, -0.25) is 14.0 Å². The fourth-order valence-corrected chi connectivity index (χ4v) is 2.45. The molecule has 0 bridgehead atoms. The lowest BCUT2D eigenvalue weighted by molar-refractivity contribution is -0.116. The van der Waals surface area contributed by atoms with E-state index in [1.54, 1.807) is 31.2 Å². The molecule has 1 aromatic carbocycles. The molecule has 0 atom stereocenters. The standard InChI is InChI=1S/C20H15FN4O3/c1-2-23-18(26)13(12-22)11-16-19(28-15-8-6-14(21)7-9-15)24-17-5-3-4-10-25(17)20(16)27/h3-11H,2H2,1H3,(H,23,26). The van der Waals surface area contributed by atoms with Gasteiger partial charge in [0.2, 0.25) is 5.88 Å². The van der Waals surface area contributed by atoms with Crippen LogP contribution in [0.25, 0.3) is 11.7 Å². The maximum absolute atomic E-state index is 13.1. The van der Waals surface area contributed by atoms with Crippen LogP contribution in [0.3, 0.4) is 0 Å². The number of nitrogens with one attached hydrogen (secondary N) is 1. The first-order valence-corrected chi connectivity index (χ1v) is 8.38. The van der Waals surface area contributed by atoms with Crippen molar-refractivity contribution in [2.24, 2.45) is 0 Å². The van der Waals surface area contributed by atoms with Gasteiger partial charge in [-0.15, -0.1) is 0 Å². The van der Waals surface area contributed by atoms with Crippen LogP contribution in [0.15, 0.2) is 59.0 Å². The minimum Gasteiger partial charge on any atom is -0.438 e. The van der Waals surface area contributed by atoms with E-state index in [1.807, 2.05) is 0 Å². The van der Waals surface area contributed by atoms with E-state index in [9.17, 15) is 19.2 Å². The number of hydrogen-bond donors (Lipinski definition) is 1. The molecule has 3 aromatic rings. The zero-order valence-corrected chi connectivity index (χ0v) is 14.8. The summed E-state index contributed by atoms with van der Waals surface area (Å²) >= 11 is 0. The van der Waals surface area contributed by atoms with E-state index in [0.29, 0.717) is 12.2 Å². The Kier molecular flexibility index (Phi) is 5.46. The summed E-state index contributed by atoms with van der Waals surface area (Å²) in [7, 11) is 0. The summed E-state index contributed by atoms with van der Waals surface area (Å²) in [5.41, 5.74) is -0.533. The van der Waals surface area contributed by atoms with Crippen LogP contribution in [0.5, 0.6) is 11.6 Å². The predicted octanol–water partition coefficient (Wildman–Crippen LogP) is 2.67. The molecule has 0 saturated heterocycles. The highest BCUT2D eigenvalue weighted by atomic mass is 19.1. The molecule has 0 aliphatic heterocycles. The molecule has 0 saturated carbocycles. The van der Waals surface area contributed by atoms with Gasteiger partial charge in [0.1, 0.15) is 34.4 Å². The molecule has 7 nitrogen and oxygen atoms in total. The normalized spacial score (nSPS) is 11.1. The van der Waals surface area contributed by atoms with Crippen molar-refractivity contribution in [2.45, 2.75) is 6.92 Å². The number of amides is 1. The molecule has 2 heterocycles. The smallest absolute Gasteiger partial charge is 0.269 e. The molecule has 2 aromatic heterocycles. The van der Waals surface area contributed by atoms with Crippen molar-refractivity contribution in [3.05, 3.63) is 76.0 Å². The van der Waals surface area contributed by atoms with Crippen LogP contribution < -0.4 is 15.6 Å². The van der Waals surface area contributed by atoms with Gasteiger partial charge < -0.3 is 10.1 Å². The molecular formula is C20H15FN4O3. The number of aromatic nitrogens is 2. The molecule has 28 heavy (non-hydrogen) atoms. The average Bonchev–Trinajstić information content (AvgIpc) is 2.70. The Hall–Kier alpha value is -3.99. The number of fused-ring (bicyclic) bond motifs is 1. The van der Waals surface area contributed by atoms with Crippen molar-refractivity contribution < 1.29 is 13.9 Å². The van der Waals surface area contributed by atoms with Crippen LogP contribution in [0.2, 0.25) is 0 Å². The summed E-state index contributed by atoms with van der Waals surface area (Å²) in [5.74, 6) is -0.906. The molecule has 1 amide bonds. The molecule has 8 heteroatoms. The van der Waals surface area contributed by atoms with Crippen molar-refractivity contribution in [1.82, 2.24) is 14.7 Å². The molecule has 0 fully saturated rings. The molecule has 140 valence electrons. The second-order valence-corrected chi connectivity index (χ2v) is 5.65. The van der Waals surface area contributed by atoms with Gasteiger partial charge >= 0.3 is 0 Å². The Labute approximate surface area is 159 Å². The van der Waals surface area contributed by atoms with Gasteiger partial charge in [0, 0.05) is 12.7 Å². The van der Waals surface area contributed by atoms with Crippen LogP contribution in [-0.2, 0) is 4.79 Å². The van der Waals surface area contributed by atoms with Crippen LogP contribution in [-0.4, -0.2) is 21.8 Å². The lowest BCUT2D eigenvalue weighted by atomic mass is 10.1. The highest BCUT2D eigenvalue weighted by Crippen LogP contribution is 2.24. The molecule has 0 unspecified atom stereocenters. The predicted molar refractivity (Wildman–Crippen MR) is 100 cm³/mol. The summed E-state index contributed by atoms with van der Waals surface area (Å²) < 4.78 is 20.1. The highest BCUT2D eigenvalue weighted by Gasteiger charge is 2.17. The van der Waals surface area contributed by atoms with Crippen LogP contribution in [0.4, 0.5) is 4.39 Å². The minimum absolute atomic E-state index is 0.0733. The van der Waals surface area contributed by atoms with E-state index in [-0.39, 0.29) is 22.8 Å². The topological polar surface area (TPSA) is 96.5 Å². The highest BCUT2D eigenvalue weighted by molar-refractivity contribution is 6.01. The SMILES string of the molecule is CCNC(=O)C(C#N)=Cc1c(Oc2ccc(F)cc2)nc2ccccn2c1=O. The monoisotopic (exact) mass is 378 g/mol. The quantitative estimate of drug-likeness (QED) is 0.544. The minimum atomic E-state index is -0.615. The molecule has 0 aliphatic carbocycles. The number of nitriles is 1. The molecule has 0 aliphatic rings. The third-order valence-electron chi connectivity index (χ3n) is 3.75. The maximum atomic E-state index is 13.1. The number of rotatable bonds is 5. The lowest BCUT2D eigenvalue weighted by Gasteiger charge is -2.10. The number of halogens is 1. The number of pyridine rings is 1. The Morgan fingerprint density at radius 3 is 2.75 bits per heavy atom. The van der Waals surface area contributed by atoms with Crippen molar-refractivity contribution in [2.75, 3.05) is 6.54 Å². The second-order valence-electron chi connectivity index (χ2n) is 5.65. The number of hydrogen-bond acceptors (Lipinski definition) is 5. The van der Waals surface area contributed by atoms with Gasteiger partial charge in [0.15, 0.2) is 0 Å².